The molecule has 2 aliphatic rings. The molecule has 136 valence electrons. The van der Waals surface area contributed by atoms with E-state index in [1.54, 1.807) is 0 Å². The lowest BCUT2D eigenvalue weighted by atomic mass is 10.1. The van der Waals surface area contributed by atoms with Gasteiger partial charge in [-0.2, -0.15) is 4.98 Å². The zero-order valence-corrected chi connectivity index (χ0v) is 14.2. The molecule has 0 unspecified atom stereocenters. The van der Waals surface area contributed by atoms with Crippen molar-refractivity contribution in [2.45, 2.75) is 24.8 Å². The first-order valence-electron chi connectivity index (χ1n) is 8.07. The number of hydrogen-bond donors (Lipinski definition) is 3. The highest BCUT2D eigenvalue weighted by molar-refractivity contribution is 7.16. The number of anilines is 1. The second-order valence-electron chi connectivity index (χ2n) is 6.12. The van der Waals surface area contributed by atoms with Crippen molar-refractivity contribution in [2.75, 3.05) is 38.6 Å². The van der Waals surface area contributed by atoms with Crippen LogP contribution in [0.1, 0.15) is 12.6 Å². The summed E-state index contributed by atoms with van der Waals surface area (Å²) < 4.78 is 12.9. The van der Waals surface area contributed by atoms with Crippen molar-refractivity contribution in [1.29, 1.82) is 0 Å². The van der Waals surface area contributed by atoms with Crippen molar-refractivity contribution in [1.82, 2.24) is 19.4 Å². The topological polar surface area (TPSA) is 136 Å². The number of rotatable bonds is 3. The predicted octanol–water partition coefficient (Wildman–Crippen LogP) is -1.29. The molecule has 0 amide bonds. The second-order valence-corrected chi connectivity index (χ2v) is 7.09. The summed E-state index contributed by atoms with van der Waals surface area (Å²) in [5.74, 6) is -0.0522. The summed E-state index contributed by atoms with van der Waals surface area (Å²) in [7, 11) is 0. The Morgan fingerprint density at radius 3 is 2.84 bits per heavy atom. The zero-order chi connectivity index (χ0) is 17.6. The van der Waals surface area contributed by atoms with Crippen LogP contribution < -0.4 is 16.2 Å². The van der Waals surface area contributed by atoms with Gasteiger partial charge in [0.05, 0.1) is 32.0 Å². The molecule has 2 saturated heterocycles. The van der Waals surface area contributed by atoms with Crippen molar-refractivity contribution in [3.8, 4) is 0 Å². The van der Waals surface area contributed by atoms with E-state index in [0.717, 1.165) is 24.4 Å². The van der Waals surface area contributed by atoms with E-state index in [1.807, 2.05) is 0 Å². The van der Waals surface area contributed by atoms with Crippen LogP contribution in [0.25, 0.3) is 10.3 Å². The van der Waals surface area contributed by atoms with Gasteiger partial charge in [-0.25, -0.2) is 0 Å². The van der Waals surface area contributed by atoms with Gasteiger partial charge in [-0.05, 0) is 6.42 Å². The Bertz CT molecular complexity index is 886. The summed E-state index contributed by atoms with van der Waals surface area (Å²) in [6.45, 7) is 2.52. The standard InChI is InChI=1S/C14H19N5O5S/c15-13-16-10-9(11(21)17-13)25-14(22)19(10)12-8(5-7(6-20)24-12)18-1-3-23-4-2-18/h7-8,12,20H,1-6H2,(H3,15,16,17,21)/t7-,8+,12+/m0/s1. The number of aromatic nitrogens is 3. The Hall–Kier alpha value is -1.79. The van der Waals surface area contributed by atoms with E-state index in [9.17, 15) is 14.7 Å². The molecule has 2 aromatic rings. The SMILES string of the molecule is Nc1nc2c(sc(=O)n2[C@@H]2O[C@H](CO)C[C@H]2N2CCOCC2)c(=O)[nH]1. The number of ether oxygens (including phenoxy) is 2. The van der Waals surface area contributed by atoms with Crippen LogP contribution in [0.15, 0.2) is 9.59 Å². The van der Waals surface area contributed by atoms with Crippen molar-refractivity contribution in [3.05, 3.63) is 20.0 Å². The lowest BCUT2D eigenvalue weighted by Gasteiger charge is -2.34. The van der Waals surface area contributed by atoms with Gasteiger partial charge in [0.1, 0.15) is 4.70 Å². The molecule has 0 aromatic carbocycles. The maximum atomic E-state index is 12.6. The van der Waals surface area contributed by atoms with Gasteiger partial charge in [0.25, 0.3) is 5.56 Å². The van der Waals surface area contributed by atoms with Crippen LogP contribution in [0.4, 0.5) is 5.95 Å². The number of H-pyrrole nitrogens is 1. The Morgan fingerprint density at radius 2 is 2.12 bits per heavy atom. The fraction of sp³-hybridized carbons (Fsp3) is 0.643. The second kappa shape index (κ2) is 6.50. The minimum Gasteiger partial charge on any atom is -0.394 e. The fourth-order valence-electron chi connectivity index (χ4n) is 3.49. The van der Waals surface area contributed by atoms with E-state index in [0.29, 0.717) is 19.6 Å². The number of fused-ring (bicyclic) bond motifs is 1. The summed E-state index contributed by atoms with van der Waals surface area (Å²) >= 11 is 0.818. The number of aliphatic hydroxyl groups excluding tert-OH is 1. The molecule has 4 N–H and O–H groups in total. The minimum atomic E-state index is -0.634. The molecular weight excluding hydrogens is 350 g/mol. The quantitative estimate of drug-likeness (QED) is 0.608. The molecule has 11 heteroatoms. The molecule has 0 spiro atoms. The van der Waals surface area contributed by atoms with Gasteiger partial charge in [0.15, 0.2) is 11.9 Å². The Morgan fingerprint density at radius 1 is 1.36 bits per heavy atom. The Labute approximate surface area is 145 Å². The Kier molecular flexibility index (Phi) is 4.33. The van der Waals surface area contributed by atoms with E-state index in [4.69, 9.17) is 15.2 Å². The van der Waals surface area contributed by atoms with Crippen molar-refractivity contribution >= 4 is 27.6 Å². The number of nitrogens with zero attached hydrogens (tertiary/aromatic N) is 3. The highest BCUT2D eigenvalue weighted by Gasteiger charge is 2.42. The molecule has 0 bridgehead atoms. The summed E-state index contributed by atoms with van der Waals surface area (Å²) in [5.41, 5.74) is 5.43. The number of hydrogen-bond acceptors (Lipinski definition) is 9. The average molecular weight is 369 g/mol. The van der Waals surface area contributed by atoms with E-state index in [2.05, 4.69) is 14.9 Å². The third-order valence-electron chi connectivity index (χ3n) is 4.63. The normalized spacial score (nSPS) is 28.0. The number of nitrogen functional groups attached to an aromatic ring is 1. The molecule has 10 nitrogen and oxygen atoms in total. The van der Waals surface area contributed by atoms with Crippen LogP contribution in [0.5, 0.6) is 0 Å². The molecule has 4 rings (SSSR count). The van der Waals surface area contributed by atoms with Crippen LogP contribution in [0, 0.1) is 0 Å². The maximum absolute atomic E-state index is 12.6. The smallest absolute Gasteiger partial charge is 0.311 e. The molecule has 2 aliphatic heterocycles. The molecular formula is C14H19N5O5S. The highest BCUT2D eigenvalue weighted by atomic mass is 32.1. The molecule has 25 heavy (non-hydrogen) atoms. The van der Waals surface area contributed by atoms with Crippen molar-refractivity contribution < 1.29 is 14.6 Å². The fourth-order valence-corrected chi connectivity index (χ4v) is 4.33. The van der Waals surface area contributed by atoms with Gasteiger partial charge < -0.3 is 20.3 Å². The van der Waals surface area contributed by atoms with Gasteiger partial charge in [-0.1, -0.05) is 11.3 Å². The molecule has 0 saturated carbocycles. The number of nitrogens with one attached hydrogen (secondary N) is 1. The van der Waals surface area contributed by atoms with Gasteiger partial charge >= 0.3 is 4.87 Å². The van der Waals surface area contributed by atoms with Gasteiger partial charge in [0.2, 0.25) is 5.95 Å². The largest absolute Gasteiger partial charge is 0.394 e. The number of thiazole rings is 1. The number of morpholine rings is 1. The molecule has 0 radical (unpaired) electrons. The predicted molar refractivity (Wildman–Crippen MR) is 90.7 cm³/mol. The Balaban J connectivity index is 1.81. The summed E-state index contributed by atoms with van der Waals surface area (Å²) in [5, 5.41) is 9.52. The van der Waals surface area contributed by atoms with Crippen molar-refractivity contribution in [3.63, 3.8) is 0 Å². The van der Waals surface area contributed by atoms with Crippen LogP contribution in [0.2, 0.25) is 0 Å². The van der Waals surface area contributed by atoms with Gasteiger partial charge in [-0.15, -0.1) is 0 Å². The number of nitrogens with two attached hydrogens (primary N) is 1. The molecule has 0 aliphatic carbocycles. The summed E-state index contributed by atoms with van der Waals surface area (Å²) in [6, 6.07) is -0.112. The van der Waals surface area contributed by atoms with Gasteiger partial charge in [0, 0.05) is 13.1 Å². The summed E-state index contributed by atoms with van der Waals surface area (Å²) in [4.78, 5) is 33.0. The first-order chi connectivity index (χ1) is 12.1. The number of aromatic amines is 1. The van der Waals surface area contributed by atoms with Gasteiger partial charge in [-0.3, -0.25) is 24.0 Å². The summed E-state index contributed by atoms with van der Waals surface area (Å²) in [6.07, 6.45) is -0.423. The van der Waals surface area contributed by atoms with E-state index in [1.165, 1.54) is 4.57 Å². The minimum absolute atomic E-state index is 0.0522. The first kappa shape index (κ1) is 16.7. The van der Waals surface area contributed by atoms with E-state index in [-0.39, 0.29) is 39.9 Å². The van der Waals surface area contributed by atoms with Crippen LogP contribution in [0.3, 0.4) is 0 Å². The van der Waals surface area contributed by atoms with E-state index < -0.39 is 11.8 Å². The molecule has 4 heterocycles. The van der Waals surface area contributed by atoms with Crippen LogP contribution >= 0.6 is 11.3 Å². The number of aliphatic hydroxyl groups is 1. The lowest BCUT2D eigenvalue weighted by molar-refractivity contribution is -0.0548. The first-order valence-corrected chi connectivity index (χ1v) is 8.89. The van der Waals surface area contributed by atoms with E-state index >= 15 is 0 Å². The lowest BCUT2D eigenvalue weighted by Crippen LogP contribution is -2.46. The van der Waals surface area contributed by atoms with Crippen LogP contribution in [-0.2, 0) is 9.47 Å². The van der Waals surface area contributed by atoms with Crippen molar-refractivity contribution in [2.24, 2.45) is 0 Å². The highest BCUT2D eigenvalue weighted by Crippen LogP contribution is 2.34. The molecule has 3 atom stereocenters. The molecule has 2 aromatic heterocycles. The maximum Gasteiger partial charge on any atom is 0.311 e. The monoisotopic (exact) mass is 369 g/mol. The average Bonchev–Trinajstić information content (AvgIpc) is 3.16. The zero-order valence-electron chi connectivity index (χ0n) is 13.4. The molecule has 2 fully saturated rings. The third kappa shape index (κ3) is 2.87. The van der Waals surface area contributed by atoms with Crippen LogP contribution in [-0.4, -0.2) is 69.6 Å². The third-order valence-corrected chi connectivity index (χ3v) is 5.57.